The minimum Gasteiger partial charge on any atom is -0.398 e. The summed E-state index contributed by atoms with van der Waals surface area (Å²) < 4.78 is 0. The molecule has 0 amide bonds. The van der Waals surface area contributed by atoms with Crippen molar-refractivity contribution in [1.82, 2.24) is 4.98 Å². The van der Waals surface area contributed by atoms with Gasteiger partial charge in [-0.15, -0.1) is 0 Å². The zero-order valence-corrected chi connectivity index (χ0v) is 9.77. The number of benzene rings is 2. The highest BCUT2D eigenvalue weighted by molar-refractivity contribution is 5.94. The van der Waals surface area contributed by atoms with Gasteiger partial charge in [0.05, 0.1) is 11.0 Å². The lowest BCUT2D eigenvalue weighted by molar-refractivity contribution is 1.15. The van der Waals surface area contributed by atoms with Crippen LogP contribution in [-0.2, 0) is 6.42 Å². The predicted molar refractivity (Wildman–Crippen MR) is 73.0 cm³/mol. The van der Waals surface area contributed by atoms with Gasteiger partial charge in [0, 0.05) is 16.5 Å². The van der Waals surface area contributed by atoms with Crippen LogP contribution < -0.4 is 5.73 Å². The lowest BCUT2D eigenvalue weighted by Gasteiger charge is -2.06. The summed E-state index contributed by atoms with van der Waals surface area (Å²) in [6, 6.07) is 14.4. The topological polar surface area (TPSA) is 38.9 Å². The van der Waals surface area contributed by atoms with E-state index in [1.807, 2.05) is 24.3 Å². The Balaban J connectivity index is 2.40. The Morgan fingerprint density at radius 1 is 1.00 bits per heavy atom. The van der Waals surface area contributed by atoms with E-state index in [4.69, 9.17) is 5.73 Å². The zero-order valence-electron chi connectivity index (χ0n) is 9.77. The first-order valence-corrected chi connectivity index (χ1v) is 5.86. The number of fused-ring (bicyclic) bond motifs is 2. The molecule has 2 aromatic carbocycles. The summed E-state index contributed by atoms with van der Waals surface area (Å²) in [4.78, 5) is 4.67. The molecule has 17 heavy (non-hydrogen) atoms. The molecule has 0 bridgehead atoms. The maximum absolute atomic E-state index is 6.01. The maximum Gasteiger partial charge on any atom is 0.0713 e. The van der Waals surface area contributed by atoms with Crippen LogP contribution in [0.25, 0.3) is 21.8 Å². The summed E-state index contributed by atoms with van der Waals surface area (Å²) in [6.07, 6.45) is 0.941. The highest BCUT2D eigenvalue weighted by atomic mass is 14.7. The van der Waals surface area contributed by atoms with Crippen LogP contribution >= 0.6 is 0 Å². The number of aromatic nitrogens is 1. The molecule has 0 radical (unpaired) electrons. The monoisotopic (exact) mass is 222 g/mol. The van der Waals surface area contributed by atoms with Gasteiger partial charge >= 0.3 is 0 Å². The van der Waals surface area contributed by atoms with Crippen LogP contribution in [0.15, 0.2) is 42.5 Å². The van der Waals surface area contributed by atoms with Crippen molar-refractivity contribution >= 4 is 27.5 Å². The Labute approximate surface area is 100 Å². The highest BCUT2D eigenvalue weighted by Gasteiger charge is 2.03. The number of rotatable bonds is 1. The lowest BCUT2D eigenvalue weighted by atomic mass is 10.1. The SMILES string of the molecule is CCc1cc2nc3ccccc3cc2cc1N. The molecule has 0 atom stereocenters. The second-order valence-electron chi connectivity index (χ2n) is 4.28. The molecule has 0 aliphatic carbocycles. The number of hydrogen-bond acceptors (Lipinski definition) is 2. The van der Waals surface area contributed by atoms with Crippen LogP contribution in [-0.4, -0.2) is 4.98 Å². The number of nitrogen functional groups attached to an aromatic ring is 1. The number of para-hydroxylation sites is 1. The summed E-state index contributed by atoms with van der Waals surface area (Å²) >= 11 is 0. The molecule has 84 valence electrons. The number of hydrogen-bond donors (Lipinski definition) is 1. The van der Waals surface area contributed by atoms with E-state index >= 15 is 0 Å². The summed E-state index contributed by atoms with van der Waals surface area (Å²) in [5.74, 6) is 0. The predicted octanol–water partition coefficient (Wildman–Crippen LogP) is 3.53. The summed E-state index contributed by atoms with van der Waals surface area (Å²) in [6.45, 7) is 2.11. The molecule has 0 saturated heterocycles. The normalized spacial score (nSPS) is 11.1. The van der Waals surface area contributed by atoms with E-state index in [1.54, 1.807) is 0 Å². The van der Waals surface area contributed by atoms with Gasteiger partial charge in [-0.05, 0) is 36.2 Å². The van der Waals surface area contributed by atoms with Gasteiger partial charge in [0.15, 0.2) is 0 Å². The fourth-order valence-electron chi connectivity index (χ4n) is 2.19. The molecule has 2 heteroatoms. The average molecular weight is 222 g/mol. The smallest absolute Gasteiger partial charge is 0.0713 e. The number of nitrogens with two attached hydrogens (primary N) is 1. The fraction of sp³-hybridized carbons (Fsp3) is 0.133. The Morgan fingerprint density at radius 3 is 2.65 bits per heavy atom. The Morgan fingerprint density at radius 2 is 1.82 bits per heavy atom. The van der Waals surface area contributed by atoms with Gasteiger partial charge in [-0.1, -0.05) is 25.1 Å². The van der Waals surface area contributed by atoms with Crippen molar-refractivity contribution < 1.29 is 0 Å². The minimum atomic E-state index is 0.858. The van der Waals surface area contributed by atoms with Gasteiger partial charge in [-0.3, -0.25) is 0 Å². The van der Waals surface area contributed by atoms with E-state index in [1.165, 1.54) is 5.56 Å². The van der Waals surface area contributed by atoms with Gasteiger partial charge in [0.2, 0.25) is 0 Å². The van der Waals surface area contributed by atoms with Crippen LogP contribution in [0, 0.1) is 0 Å². The number of anilines is 1. The Bertz CT molecular complexity index is 702. The third-order valence-corrected chi connectivity index (χ3v) is 3.16. The van der Waals surface area contributed by atoms with Crippen molar-refractivity contribution in [3.63, 3.8) is 0 Å². The molecule has 0 saturated carbocycles. The molecular formula is C15H14N2. The first kappa shape index (κ1) is 10.1. The molecule has 0 spiro atoms. The van der Waals surface area contributed by atoms with Gasteiger partial charge in [0.25, 0.3) is 0 Å². The second-order valence-corrected chi connectivity index (χ2v) is 4.28. The fourth-order valence-corrected chi connectivity index (χ4v) is 2.19. The molecule has 0 unspecified atom stereocenters. The van der Waals surface area contributed by atoms with Gasteiger partial charge in [-0.2, -0.15) is 0 Å². The third kappa shape index (κ3) is 1.62. The standard InChI is InChI=1S/C15H14N2/c1-2-10-9-15-12(8-13(10)16)7-11-5-3-4-6-14(11)17-15/h3-9H,2,16H2,1H3. The molecule has 3 aromatic rings. The summed E-state index contributed by atoms with van der Waals surface area (Å²) in [5.41, 5.74) is 10.1. The van der Waals surface area contributed by atoms with Crippen molar-refractivity contribution in [2.45, 2.75) is 13.3 Å². The molecule has 0 fully saturated rings. The average Bonchev–Trinajstić information content (AvgIpc) is 2.35. The van der Waals surface area contributed by atoms with E-state index in [9.17, 15) is 0 Å². The first-order chi connectivity index (χ1) is 8.28. The van der Waals surface area contributed by atoms with Gasteiger partial charge in [-0.25, -0.2) is 4.98 Å². The van der Waals surface area contributed by atoms with Crippen LogP contribution in [0.2, 0.25) is 0 Å². The zero-order chi connectivity index (χ0) is 11.8. The molecule has 1 heterocycles. The van der Waals surface area contributed by atoms with E-state index in [-0.39, 0.29) is 0 Å². The van der Waals surface area contributed by atoms with E-state index in [2.05, 4.69) is 30.1 Å². The first-order valence-electron chi connectivity index (χ1n) is 5.86. The van der Waals surface area contributed by atoms with E-state index in [0.717, 1.165) is 33.9 Å². The molecule has 0 aliphatic rings. The summed E-state index contributed by atoms with van der Waals surface area (Å²) in [5, 5.41) is 2.27. The van der Waals surface area contributed by atoms with Crippen molar-refractivity contribution in [1.29, 1.82) is 0 Å². The van der Waals surface area contributed by atoms with Crippen molar-refractivity contribution in [3.05, 3.63) is 48.0 Å². The second kappa shape index (κ2) is 3.74. The van der Waals surface area contributed by atoms with Crippen LogP contribution in [0.3, 0.4) is 0 Å². The van der Waals surface area contributed by atoms with Crippen molar-refractivity contribution in [2.75, 3.05) is 5.73 Å². The largest absolute Gasteiger partial charge is 0.398 e. The van der Waals surface area contributed by atoms with Gasteiger partial charge < -0.3 is 5.73 Å². The molecule has 2 nitrogen and oxygen atoms in total. The molecule has 3 rings (SSSR count). The third-order valence-electron chi connectivity index (χ3n) is 3.16. The van der Waals surface area contributed by atoms with E-state index < -0.39 is 0 Å². The minimum absolute atomic E-state index is 0.858. The molecule has 2 N–H and O–H groups in total. The van der Waals surface area contributed by atoms with Gasteiger partial charge in [0.1, 0.15) is 0 Å². The number of pyridine rings is 1. The van der Waals surface area contributed by atoms with Crippen LogP contribution in [0.1, 0.15) is 12.5 Å². The lowest BCUT2D eigenvalue weighted by Crippen LogP contribution is -1.94. The summed E-state index contributed by atoms with van der Waals surface area (Å²) in [7, 11) is 0. The number of aryl methyl sites for hydroxylation is 1. The highest BCUT2D eigenvalue weighted by Crippen LogP contribution is 2.24. The van der Waals surface area contributed by atoms with Crippen LogP contribution in [0.5, 0.6) is 0 Å². The molecule has 1 aromatic heterocycles. The quantitative estimate of drug-likeness (QED) is 0.505. The van der Waals surface area contributed by atoms with Crippen LogP contribution in [0.4, 0.5) is 5.69 Å². The van der Waals surface area contributed by atoms with Crippen molar-refractivity contribution in [2.24, 2.45) is 0 Å². The van der Waals surface area contributed by atoms with E-state index in [0.29, 0.717) is 0 Å². The van der Waals surface area contributed by atoms with Crippen molar-refractivity contribution in [3.8, 4) is 0 Å². The Kier molecular flexibility index (Phi) is 2.22. The Hall–Kier alpha value is -2.09. The molecule has 0 aliphatic heterocycles. The maximum atomic E-state index is 6.01. The number of nitrogens with zero attached hydrogens (tertiary/aromatic N) is 1. The molecular weight excluding hydrogens is 208 g/mol.